The molecule has 7 heteroatoms. The van der Waals surface area contributed by atoms with Crippen molar-refractivity contribution in [3.63, 3.8) is 0 Å². The number of carbonyl (C=O) groups excluding carboxylic acids is 1. The lowest BCUT2D eigenvalue weighted by Gasteiger charge is -2.16. The zero-order chi connectivity index (χ0) is 20.9. The number of rotatable bonds is 8. The maximum absolute atomic E-state index is 12.6. The first-order valence-corrected chi connectivity index (χ1v) is 10.8. The number of benzene rings is 2. The average Bonchev–Trinajstić information content (AvgIpc) is 2.63. The molecule has 2 aromatic carbocycles. The molecule has 2 aromatic rings. The number of aryl methyl sites for hydroxylation is 1. The summed E-state index contributed by atoms with van der Waals surface area (Å²) in [5.41, 5.74) is 2.50. The molecule has 28 heavy (non-hydrogen) atoms. The summed E-state index contributed by atoms with van der Waals surface area (Å²) in [6, 6.07) is 11.2. The smallest absolute Gasteiger partial charge is 0.242 e. The van der Waals surface area contributed by atoms with Crippen LogP contribution in [0.25, 0.3) is 0 Å². The van der Waals surface area contributed by atoms with Crippen LogP contribution in [-0.4, -0.2) is 27.0 Å². The van der Waals surface area contributed by atoms with E-state index in [0.717, 1.165) is 5.56 Å². The number of hydrogen-bond donors (Lipinski definition) is 2. The third kappa shape index (κ3) is 5.56. The normalized spacial score (nSPS) is 12.6. The molecule has 1 amide bonds. The third-order valence-corrected chi connectivity index (χ3v) is 5.87. The molecule has 0 heterocycles. The van der Waals surface area contributed by atoms with Gasteiger partial charge in [0, 0.05) is 5.69 Å². The second-order valence-electron chi connectivity index (χ2n) is 6.97. The van der Waals surface area contributed by atoms with Gasteiger partial charge in [-0.2, -0.15) is 4.72 Å². The minimum atomic E-state index is -3.84. The van der Waals surface area contributed by atoms with E-state index < -0.39 is 22.0 Å². The molecule has 0 spiro atoms. The van der Waals surface area contributed by atoms with Crippen LogP contribution < -0.4 is 14.8 Å². The van der Waals surface area contributed by atoms with E-state index in [1.54, 1.807) is 13.0 Å². The maximum Gasteiger partial charge on any atom is 0.242 e. The van der Waals surface area contributed by atoms with Gasteiger partial charge in [0.2, 0.25) is 15.9 Å². The molecule has 0 bridgehead atoms. The lowest BCUT2D eigenvalue weighted by atomic mass is 10.0. The Balaban J connectivity index is 2.06. The van der Waals surface area contributed by atoms with Crippen LogP contribution in [0.1, 0.15) is 44.7 Å². The molecule has 0 radical (unpaired) electrons. The molecular weight excluding hydrogens is 376 g/mol. The van der Waals surface area contributed by atoms with Crippen molar-refractivity contribution in [1.29, 1.82) is 0 Å². The van der Waals surface area contributed by atoms with Gasteiger partial charge in [-0.1, -0.05) is 26.0 Å². The van der Waals surface area contributed by atoms with E-state index in [2.05, 4.69) is 23.9 Å². The van der Waals surface area contributed by atoms with Crippen molar-refractivity contribution in [2.75, 3.05) is 11.9 Å². The summed E-state index contributed by atoms with van der Waals surface area (Å²) in [6.07, 6.45) is 0. The molecule has 1 atom stereocenters. The van der Waals surface area contributed by atoms with Gasteiger partial charge in [-0.15, -0.1) is 0 Å². The van der Waals surface area contributed by atoms with Gasteiger partial charge >= 0.3 is 0 Å². The fourth-order valence-electron chi connectivity index (χ4n) is 2.66. The summed E-state index contributed by atoms with van der Waals surface area (Å²) in [4.78, 5) is 12.5. The monoisotopic (exact) mass is 404 g/mol. The van der Waals surface area contributed by atoms with Crippen molar-refractivity contribution in [3.8, 4) is 5.75 Å². The standard InChI is InChI=1S/C21H28N2O4S/c1-6-27-20-12-11-19(13-15(20)4)28(25,26)23-16(5)21(24)22-18-9-7-17(8-10-18)14(2)3/h7-14,16,23H,6H2,1-5H3,(H,22,24)/t16-/m0/s1. The molecule has 0 aromatic heterocycles. The van der Waals surface area contributed by atoms with E-state index in [-0.39, 0.29) is 4.90 Å². The van der Waals surface area contributed by atoms with E-state index in [1.807, 2.05) is 31.2 Å². The van der Waals surface area contributed by atoms with Gasteiger partial charge in [0.15, 0.2) is 0 Å². The molecule has 0 fully saturated rings. The van der Waals surface area contributed by atoms with Crippen molar-refractivity contribution in [3.05, 3.63) is 53.6 Å². The number of sulfonamides is 1. The summed E-state index contributed by atoms with van der Waals surface area (Å²) >= 11 is 0. The molecule has 0 aliphatic heterocycles. The van der Waals surface area contributed by atoms with Gasteiger partial charge in [0.05, 0.1) is 17.5 Å². The second kappa shape index (κ2) is 9.21. The van der Waals surface area contributed by atoms with E-state index in [0.29, 0.717) is 29.5 Å². The predicted octanol–water partition coefficient (Wildman–Crippen LogP) is 3.82. The summed E-state index contributed by atoms with van der Waals surface area (Å²) < 4.78 is 33.1. The van der Waals surface area contributed by atoms with Crippen LogP contribution >= 0.6 is 0 Å². The number of hydrogen-bond acceptors (Lipinski definition) is 4. The quantitative estimate of drug-likeness (QED) is 0.700. The minimum Gasteiger partial charge on any atom is -0.494 e. The number of ether oxygens (including phenoxy) is 1. The predicted molar refractivity (Wildman–Crippen MR) is 111 cm³/mol. The van der Waals surface area contributed by atoms with Crippen molar-refractivity contribution in [1.82, 2.24) is 4.72 Å². The average molecular weight is 405 g/mol. The zero-order valence-electron chi connectivity index (χ0n) is 16.9. The Hall–Kier alpha value is -2.38. The molecule has 0 unspecified atom stereocenters. The Morgan fingerprint density at radius 1 is 1.07 bits per heavy atom. The van der Waals surface area contributed by atoms with Crippen LogP contribution in [0.5, 0.6) is 5.75 Å². The van der Waals surface area contributed by atoms with Gasteiger partial charge in [-0.05, 0) is 68.1 Å². The second-order valence-corrected chi connectivity index (χ2v) is 8.68. The first-order valence-electron chi connectivity index (χ1n) is 9.30. The summed E-state index contributed by atoms with van der Waals surface area (Å²) in [5.74, 6) is 0.605. The fraction of sp³-hybridized carbons (Fsp3) is 0.381. The van der Waals surface area contributed by atoms with E-state index in [9.17, 15) is 13.2 Å². The molecule has 2 rings (SSSR count). The number of carbonyl (C=O) groups is 1. The van der Waals surface area contributed by atoms with Gasteiger partial charge in [-0.3, -0.25) is 4.79 Å². The van der Waals surface area contributed by atoms with Crippen molar-refractivity contribution < 1.29 is 17.9 Å². The minimum absolute atomic E-state index is 0.0920. The van der Waals surface area contributed by atoms with E-state index >= 15 is 0 Å². The molecule has 0 saturated heterocycles. The number of anilines is 1. The molecule has 152 valence electrons. The fourth-order valence-corrected chi connectivity index (χ4v) is 3.95. The summed E-state index contributed by atoms with van der Waals surface area (Å²) in [7, 11) is -3.84. The van der Waals surface area contributed by atoms with Gasteiger partial charge in [0.1, 0.15) is 5.75 Å². The van der Waals surface area contributed by atoms with Crippen LogP contribution in [0.4, 0.5) is 5.69 Å². The number of nitrogens with one attached hydrogen (secondary N) is 2. The molecule has 6 nitrogen and oxygen atoms in total. The molecule has 0 saturated carbocycles. The first-order chi connectivity index (χ1) is 13.1. The summed E-state index contributed by atoms with van der Waals surface area (Å²) in [5, 5.41) is 2.73. The van der Waals surface area contributed by atoms with Gasteiger partial charge in [-0.25, -0.2) is 8.42 Å². The molecule has 0 aliphatic rings. The molecule has 2 N–H and O–H groups in total. The van der Waals surface area contributed by atoms with Gasteiger partial charge < -0.3 is 10.1 Å². The highest BCUT2D eigenvalue weighted by atomic mass is 32.2. The highest BCUT2D eigenvalue weighted by Gasteiger charge is 2.23. The highest BCUT2D eigenvalue weighted by Crippen LogP contribution is 2.22. The topological polar surface area (TPSA) is 84.5 Å². The van der Waals surface area contributed by atoms with Crippen LogP contribution in [0.3, 0.4) is 0 Å². The Labute approximate surface area is 167 Å². The molecule has 0 aliphatic carbocycles. The first kappa shape index (κ1) is 21.9. The van der Waals surface area contributed by atoms with Crippen molar-refractivity contribution in [2.24, 2.45) is 0 Å². The van der Waals surface area contributed by atoms with Gasteiger partial charge in [0.25, 0.3) is 0 Å². The Kier molecular flexibility index (Phi) is 7.21. The van der Waals surface area contributed by atoms with E-state index in [1.165, 1.54) is 19.1 Å². The Morgan fingerprint density at radius 3 is 2.25 bits per heavy atom. The van der Waals surface area contributed by atoms with Crippen LogP contribution in [0.2, 0.25) is 0 Å². The van der Waals surface area contributed by atoms with Crippen molar-refractivity contribution >= 4 is 21.6 Å². The largest absolute Gasteiger partial charge is 0.494 e. The Morgan fingerprint density at radius 2 is 1.71 bits per heavy atom. The lowest BCUT2D eigenvalue weighted by Crippen LogP contribution is -2.41. The van der Waals surface area contributed by atoms with Crippen LogP contribution in [0, 0.1) is 6.92 Å². The lowest BCUT2D eigenvalue weighted by molar-refractivity contribution is -0.117. The van der Waals surface area contributed by atoms with Crippen LogP contribution in [0.15, 0.2) is 47.4 Å². The van der Waals surface area contributed by atoms with Crippen molar-refractivity contribution in [2.45, 2.75) is 51.5 Å². The third-order valence-electron chi connectivity index (χ3n) is 4.33. The Bertz CT molecular complexity index is 922. The van der Waals surface area contributed by atoms with Crippen LogP contribution in [-0.2, 0) is 14.8 Å². The van der Waals surface area contributed by atoms with E-state index in [4.69, 9.17) is 4.74 Å². The molecular formula is C21H28N2O4S. The highest BCUT2D eigenvalue weighted by molar-refractivity contribution is 7.89. The SMILES string of the molecule is CCOc1ccc(S(=O)(=O)N[C@@H](C)C(=O)Nc2ccc(C(C)C)cc2)cc1C. The number of amides is 1. The zero-order valence-corrected chi connectivity index (χ0v) is 17.8. The maximum atomic E-state index is 12.6. The summed E-state index contributed by atoms with van der Waals surface area (Å²) in [6.45, 7) is 9.83.